The number of hydrogen-bond acceptors (Lipinski definition) is 6. The maximum atomic E-state index is 12.3. The van der Waals surface area contributed by atoms with E-state index in [4.69, 9.17) is 0 Å². The quantitative estimate of drug-likeness (QED) is 0.485. The molecule has 0 atom stereocenters. The Bertz CT molecular complexity index is 1180. The molecule has 1 heterocycles. The smallest absolute Gasteiger partial charge is 0.330 e. The van der Waals surface area contributed by atoms with Gasteiger partial charge >= 0.3 is 10.2 Å². The first-order valence-electron chi connectivity index (χ1n) is 9.24. The number of aromatic hydroxyl groups is 1. The third kappa shape index (κ3) is 4.97. The highest BCUT2D eigenvalue weighted by Crippen LogP contribution is 2.33. The summed E-state index contributed by atoms with van der Waals surface area (Å²) in [6.07, 6.45) is 2.59. The Morgan fingerprint density at radius 3 is 2.50 bits per heavy atom. The molecule has 0 saturated carbocycles. The van der Waals surface area contributed by atoms with Crippen LogP contribution in [0.5, 0.6) is 5.75 Å². The van der Waals surface area contributed by atoms with Crippen molar-refractivity contribution < 1.29 is 27.0 Å². The number of nitrogens with one attached hydrogen (secondary N) is 2. The minimum absolute atomic E-state index is 0.0242. The van der Waals surface area contributed by atoms with E-state index in [2.05, 4.69) is 4.72 Å². The van der Waals surface area contributed by atoms with Crippen molar-refractivity contribution in [2.75, 3.05) is 14.8 Å². The molecule has 0 saturated heterocycles. The number of rotatable bonds is 8. The number of hydrogen-bond donors (Lipinski definition) is 4. The largest absolute Gasteiger partial charge is 0.506 e. The lowest BCUT2D eigenvalue weighted by Gasteiger charge is -2.17. The van der Waals surface area contributed by atoms with Gasteiger partial charge in [-0.05, 0) is 42.2 Å². The van der Waals surface area contributed by atoms with Crippen LogP contribution in [0.15, 0.2) is 54.5 Å². The Balaban J connectivity index is 1.84. The number of aliphatic hydroxyl groups excluding tert-OH is 1. The van der Waals surface area contributed by atoms with Crippen LogP contribution in [-0.2, 0) is 26.7 Å². The summed E-state index contributed by atoms with van der Waals surface area (Å²) >= 11 is 0. The fourth-order valence-corrected chi connectivity index (χ4v) is 5.37. The number of anilines is 2. The number of nitrogens with zero attached hydrogens (tertiary/aromatic N) is 1. The maximum absolute atomic E-state index is 12.3. The van der Waals surface area contributed by atoms with Gasteiger partial charge in [0.25, 0.3) is 0 Å². The number of para-hydroxylation sites is 1. The van der Waals surface area contributed by atoms with Gasteiger partial charge in [-0.25, -0.2) is 17.4 Å². The second-order valence-corrected chi connectivity index (χ2v) is 10.2. The summed E-state index contributed by atoms with van der Waals surface area (Å²) < 4.78 is 53.7. The van der Waals surface area contributed by atoms with Gasteiger partial charge < -0.3 is 10.2 Å². The molecule has 3 rings (SSSR count). The van der Waals surface area contributed by atoms with E-state index in [1.165, 1.54) is 12.1 Å². The predicted molar refractivity (Wildman–Crippen MR) is 115 cm³/mol. The van der Waals surface area contributed by atoms with Gasteiger partial charge in [0.2, 0.25) is 15.9 Å². The third-order valence-corrected chi connectivity index (χ3v) is 7.10. The number of aliphatic hydroxyl groups is 1. The monoisotopic (exact) mass is 453 g/mol. The molecule has 0 radical (unpaired) electrons. The number of sulfonamides is 1. The molecule has 1 aliphatic heterocycles. The topological polar surface area (TPSA) is 136 Å². The first kappa shape index (κ1) is 21.8. The molecule has 0 amide bonds. The Morgan fingerprint density at radius 2 is 1.87 bits per heavy atom. The van der Waals surface area contributed by atoms with Crippen LogP contribution in [0.25, 0.3) is 0 Å². The second-order valence-electron chi connectivity index (χ2n) is 6.85. The summed E-state index contributed by atoms with van der Waals surface area (Å²) in [5.41, 5.74) is 1.78. The van der Waals surface area contributed by atoms with E-state index in [-0.39, 0.29) is 17.2 Å². The summed E-state index contributed by atoms with van der Waals surface area (Å²) in [4.78, 5) is 0. The van der Waals surface area contributed by atoms with Crippen LogP contribution in [-0.4, -0.2) is 32.8 Å². The standard InChI is InChI=1S/C19H23N3O6S2/c1-2-3-10-29(25,26)20-16-7-5-4-6-15(16)11-14-8-9-17(18(23)12-14)22-13-19(24)21-30(22,27)28/h4-9,12-13,20-21,23-24H,2-3,10-11H2,1H3. The summed E-state index contributed by atoms with van der Waals surface area (Å²) in [5.74, 6) is -0.820. The maximum Gasteiger partial charge on any atom is 0.330 e. The summed E-state index contributed by atoms with van der Waals surface area (Å²) in [5, 5.41) is 19.8. The molecule has 0 bridgehead atoms. The molecule has 2 aromatic rings. The molecular weight excluding hydrogens is 430 g/mol. The van der Waals surface area contributed by atoms with Gasteiger partial charge in [-0.3, -0.25) is 4.72 Å². The fourth-order valence-electron chi connectivity index (χ4n) is 3.00. The van der Waals surface area contributed by atoms with Crippen molar-refractivity contribution in [1.29, 1.82) is 0 Å². The van der Waals surface area contributed by atoms with Gasteiger partial charge in [0.15, 0.2) is 0 Å². The van der Waals surface area contributed by atoms with E-state index < -0.39 is 26.1 Å². The van der Waals surface area contributed by atoms with E-state index in [1.807, 2.05) is 11.6 Å². The second kappa shape index (κ2) is 8.44. The van der Waals surface area contributed by atoms with Crippen molar-refractivity contribution in [3.63, 3.8) is 0 Å². The van der Waals surface area contributed by atoms with Crippen LogP contribution >= 0.6 is 0 Å². The highest BCUT2D eigenvalue weighted by atomic mass is 32.2. The lowest BCUT2D eigenvalue weighted by Crippen LogP contribution is -2.29. The molecule has 162 valence electrons. The summed E-state index contributed by atoms with van der Waals surface area (Å²) in [6, 6.07) is 11.4. The summed E-state index contributed by atoms with van der Waals surface area (Å²) in [7, 11) is -7.48. The normalized spacial score (nSPS) is 15.5. The lowest BCUT2D eigenvalue weighted by atomic mass is 10.0. The minimum Gasteiger partial charge on any atom is -0.506 e. The highest BCUT2D eigenvalue weighted by molar-refractivity contribution is 7.92. The molecule has 0 aromatic heterocycles. The zero-order valence-corrected chi connectivity index (χ0v) is 17.9. The molecule has 11 heteroatoms. The van der Waals surface area contributed by atoms with Gasteiger partial charge in [0.1, 0.15) is 11.4 Å². The Hall–Kier alpha value is -2.92. The van der Waals surface area contributed by atoms with Crippen LogP contribution in [0.2, 0.25) is 0 Å². The van der Waals surface area contributed by atoms with Gasteiger partial charge in [0.05, 0.1) is 17.6 Å². The number of unbranched alkanes of at least 4 members (excludes halogenated alkanes) is 1. The van der Waals surface area contributed by atoms with Gasteiger partial charge in [-0.15, -0.1) is 0 Å². The van der Waals surface area contributed by atoms with Gasteiger partial charge in [-0.1, -0.05) is 37.6 Å². The van der Waals surface area contributed by atoms with Crippen LogP contribution in [0.4, 0.5) is 11.4 Å². The number of phenolic OH excluding ortho intramolecular Hbond substituents is 1. The van der Waals surface area contributed by atoms with Crippen molar-refractivity contribution in [2.24, 2.45) is 0 Å². The minimum atomic E-state index is -4.01. The molecule has 0 fully saturated rings. The molecule has 30 heavy (non-hydrogen) atoms. The third-order valence-electron chi connectivity index (χ3n) is 4.45. The van der Waals surface area contributed by atoms with Crippen molar-refractivity contribution in [1.82, 2.24) is 4.72 Å². The highest BCUT2D eigenvalue weighted by Gasteiger charge is 2.30. The van der Waals surface area contributed by atoms with Crippen LogP contribution < -0.4 is 13.7 Å². The SMILES string of the molecule is CCCCS(=O)(=O)Nc1ccccc1Cc1ccc(N2C=C(O)NS2(=O)=O)c(O)c1. The van der Waals surface area contributed by atoms with E-state index >= 15 is 0 Å². The first-order valence-corrected chi connectivity index (χ1v) is 12.3. The van der Waals surface area contributed by atoms with Crippen molar-refractivity contribution in [3.8, 4) is 5.75 Å². The zero-order chi connectivity index (χ0) is 21.9. The van der Waals surface area contributed by atoms with Crippen LogP contribution in [0.1, 0.15) is 30.9 Å². The molecule has 2 aromatic carbocycles. The fraction of sp³-hybridized carbons (Fsp3) is 0.263. The average Bonchev–Trinajstić information content (AvgIpc) is 2.93. The average molecular weight is 454 g/mol. The Labute approximate surface area is 175 Å². The van der Waals surface area contributed by atoms with Crippen LogP contribution in [0, 0.1) is 0 Å². The van der Waals surface area contributed by atoms with Crippen LogP contribution in [0.3, 0.4) is 0 Å². The summed E-state index contributed by atoms with van der Waals surface area (Å²) in [6.45, 7) is 1.92. The lowest BCUT2D eigenvalue weighted by molar-refractivity contribution is 0.392. The van der Waals surface area contributed by atoms with E-state index in [9.17, 15) is 27.0 Å². The first-order chi connectivity index (χ1) is 14.1. The van der Waals surface area contributed by atoms with Gasteiger partial charge in [-0.2, -0.15) is 8.42 Å². The van der Waals surface area contributed by atoms with E-state index in [1.54, 1.807) is 30.3 Å². The number of phenols is 1. The molecule has 0 spiro atoms. The predicted octanol–water partition coefficient (Wildman–Crippen LogP) is 2.54. The van der Waals surface area contributed by atoms with Crippen molar-refractivity contribution >= 4 is 31.6 Å². The Morgan fingerprint density at radius 1 is 1.13 bits per heavy atom. The molecule has 1 aliphatic rings. The molecule has 4 N–H and O–H groups in total. The molecule has 0 aliphatic carbocycles. The van der Waals surface area contributed by atoms with E-state index in [0.717, 1.165) is 16.9 Å². The van der Waals surface area contributed by atoms with Crippen molar-refractivity contribution in [3.05, 3.63) is 65.7 Å². The number of benzene rings is 2. The van der Waals surface area contributed by atoms with Crippen molar-refractivity contribution in [2.45, 2.75) is 26.2 Å². The molecular formula is C19H23N3O6S2. The van der Waals surface area contributed by atoms with E-state index in [0.29, 0.717) is 29.7 Å². The zero-order valence-electron chi connectivity index (χ0n) is 16.2. The molecule has 0 unspecified atom stereocenters. The van der Waals surface area contributed by atoms with Gasteiger partial charge in [0, 0.05) is 0 Å². The Kier molecular flexibility index (Phi) is 6.13. The molecule has 9 nitrogen and oxygen atoms in total.